The zero-order valence-corrected chi connectivity index (χ0v) is 17.3. The Balaban J connectivity index is 1.87. The number of carbonyl (C=O) groups excluding carboxylic acids is 2. The number of halogens is 1. The zero-order chi connectivity index (χ0) is 20.7. The van der Waals surface area contributed by atoms with Crippen LogP contribution in [0.25, 0.3) is 0 Å². The number of thioether (sulfide) groups is 1. The van der Waals surface area contributed by atoms with Crippen molar-refractivity contribution in [2.75, 3.05) is 18.2 Å². The number of benzene rings is 1. The van der Waals surface area contributed by atoms with E-state index in [1.807, 2.05) is 26.2 Å². The van der Waals surface area contributed by atoms with Crippen LogP contribution in [0.5, 0.6) is 0 Å². The van der Waals surface area contributed by atoms with E-state index >= 15 is 0 Å². The summed E-state index contributed by atoms with van der Waals surface area (Å²) in [7, 11) is 0. The van der Waals surface area contributed by atoms with Gasteiger partial charge in [0.1, 0.15) is 6.07 Å². The number of ether oxygens (including phenoxy) is 1. The molecule has 0 aliphatic heterocycles. The first kappa shape index (κ1) is 21.7. The number of nitrogens with zero attached hydrogens (tertiary/aromatic N) is 3. The summed E-state index contributed by atoms with van der Waals surface area (Å²) in [5, 5.41) is 12.6. The predicted octanol–water partition coefficient (Wildman–Crippen LogP) is 3.45. The average molecular weight is 419 g/mol. The number of anilines is 1. The van der Waals surface area contributed by atoms with Crippen LogP contribution in [-0.2, 0) is 20.7 Å². The molecule has 0 aliphatic rings. The summed E-state index contributed by atoms with van der Waals surface area (Å²) in [6.45, 7) is 3.30. The van der Waals surface area contributed by atoms with Crippen molar-refractivity contribution in [3.05, 3.63) is 45.7 Å². The van der Waals surface area contributed by atoms with E-state index in [1.165, 1.54) is 23.9 Å². The third-order valence-electron chi connectivity index (χ3n) is 3.90. The summed E-state index contributed by atoms with van der Waals surface area (Å²) >= 11 is 7.33. The molecule has 7 nitrogen and oxygen atoms in total. The van der Waals surface area contributed by atoms with Crippen molar-refractivity contribution >= 4 is 40.9 Å². The van der Waals surface area contributed by atoms with E-state index < -0.39 is 18.5 Å². The molecule has 1 aromatic carbocycles. The van der Waals surface area contributed by atoms with Crippen molar-refractivity contribution in [2.45, 2.75) is 31.8 Å². The monoisotopic (exact) mass is 418 g/mol. The fourth-order valence-electron chi connectivity index (χ4n) is 2.51. The van der Waals surface area contributed by atoms with E-state index in [9.17, 15) is 9.59 Å². The number of rotatable bonds is 7. The van der Waals surface area contributed by atoms with Crippen molar-refractivity contribution < 1.29 is 14.3 Å². The Bertz CT molecular complexity index is 920. The zero-order valence-electron chi connectivity index (χ0n) is 15.7. The summed E-state index contributed by atoms with van der Waals surface area (Å²) in [6.07, 6.45) is 2.44. The highest BCUT2D eigenvalue weighted by Crippen LogP contribution is 2.20. The lowest BCUT2D eigenvalue weighted by Crippen LogP contribution is -2.21. The smallest absolute Gasteiger partial charge is 0.306 e. The van der Waals surface area contributed by atoms with E-state index in [0.29, 0.717) is 16.6 Å². The van der Waals surface area contributed by atoms with Crippen LogP contribution in [0, 0.1) is 25.2 Å². The molecule has 0 saturated carbocycles. The van der Waals surface area contributed by atoms with Crippen LogP contribution in [0.4, 0.5) is 5.69 Å². The number of aromatic nitrogens is 2. The van der Waals surface area contributed by atoms with Gasteiger partial charge in [0.15, 0.2) is 11.8 Å². The van der Waals surface area contributed by atoms with Crippen LogP contribution in [0.2, 0.25) is 5.02 Å². The first-order valence-corrected chi connectivity index (χ1v) is 9.97. The average Bonchev–Trinajstić information content (AvgIpc) is 2.65. The van der Waals surface area contributed by atoms with Gasteiger partial charge in [0, 0.05) is 22.8 Å². The van der Waals surface area contributed by atoms with Gasteiger partial charge in [-0.2, -0.15) is 5.26 Å². The Morgan fingerprint density at radius 1 is 1.29 bits per heavy atom. The van der Waals surface area contributed by atoms with Crippen molar-refractivity contribution in [3.8, 4) is 6.07 Å². The first-order valence-electron chi connectivity index (χ1n) is 8.37. The fraction of sp³-hybridized carbons (Fsp3) is 0.316. The molecule has 0 fully saturated rings. The molecule has 0 saturated heterocycles. The van der Waals surface area contributed by atoms with Gasteiger partial charge >= 0.3 is 5.97 Å². The van der Waals surface area contributed by atoms with E-state index in [0.717, 1.165) is 17.0 Å². The lowest BCUT2D eigenvalue weighted by atomic mass is 10.1. The second kappa shape index (κ2) is 10.1. The molecule has 0 unspecified atom stereocenters. The molecule has 0 atom stereocenters. The first-order chi connectivity index (χ1) is 13.3. The molecule has 0 radical (unpaired) electrons. The highest BCUT2D eigenvalue weighted by atomic mass is 35.5. The van der Waals surface area contributed by atoms with Gasteiger partial charge in [0.2, 0.25) is 0 Å². The SMILES string of the molecule is CSc1nc(C)c(CCC(=O)OCC(=O)Nc2cc(Cl)ccc2C#N)c(C)n1. The molecule has 9 heteroatoms. The lowest BCUT2D eigenvalue weighted by molar-refractivity contribution is -0.147. The number of hydrogen-bond donors (Lipinski definition) is 1. The van der Waals surface area contributed by atoms with Crippen LogP contribution in [0.1, 0.15) is 28.9 Å². The second-order valence-electron chi connectivity index (χ2n) is 5.87. The summed E-state index contributed by atoms with van der Waals surface area (Å²) in [5.41, 5.74) is 3.09. The molecule has 2 aromatic rings. The normalized spacial score (nSPS) is 10.2. The number of carbonyl (C=O) groups is 2. The number of amides is 1. The maximum Gasteiger partial charge on any atom is 0.306 e. The van der Waals surface area contributed by atoms with Gasteiger partial charge in [-0.25, -0.2) is 9.97 Å². The molecular weight excluding hydrogens is 400 g/mol. The number of aryl methyl sites for hydroxylation is 2. The highest BCUT2D eigenvalue weighted by molar-refractivity contribution is 7.98. The molecular formula is C19H19ClN4O3S. The van der Waals surface area contributed by atoms with Gasteiger partial charge in [0.05, 0.1) is 11.3 Å². The van der Waals surface area contributed by atoms with Gasteiger partial charge in [0.25, 0.3) is 5.91 Å². The van der Waals surface area contributed by atoms with E-state index in [2.05, 4.69) is 15.3 Å². The Kier molecular flexibility index (Phi) is 7.79. The molecule has 0 aliphatic carbocycles. The molecule has 1 amide bonds. The molecule has 2 rings (SSSR count). The Hall–Kier alpha value is -2.63. The van der Waals surface area contributed by atoms with Crippen LogP contribution in [0.3, 0.4) is 0 Å². The molecule has 0 spiro atoms. The molecule has 146 valence electrons. The second-order valence-corrected chi connectivity index (χ2v) is 7.08. The van der Waals surface area contributed by atoms with Crippen LogP contribution in [0.15, 0.2) is 23.4 Å². The third kappa shape index (κ3) is 5.94. The largest absolute Gasteiger partial charge is 0.456 e. The molecule has 1 aromatic heterocycles. The minimum absolute atomic E-state index is 0.109. The van der Waals surface area contributed by atoms with Crippen molar-refractivity contribution in [1.82, 2.24) is 9.97 Å². The minimum Gasteiger partial charge on any atom is -0.456 e. The maximum absolute atomic E-state index is 12.0. The summed E-state index contributed by atoms with van der Waals surface area (Å²) in [5.74, 6) is -1.05. The molecule has 0 bridgehead atoms. The fourth-order valence-corrected chi connectivity index (χ4v) is 3.14. The summed E-state index contributed by atoms with van der Waals surface area (Å²) < 4.78 is 5.01. The van der Waals surface area contributed by atoms with Gasteiger partial charge in [-0.05, 0) is 50.3 Å². The summed E-state index contributed by atoms with van der Waals surface area (Å²) in [4.78, 5) is 32.7. The van der Waals surface area contributed by atoms with Gasteiger partial charge < -0.3 is 10.1 Å². The van der Waals surface area contributed by atoms with E-state index in [-0.39, 0.29) is 17.7 Å². The van der Waals surface area contributed by atoms with Gasteiger partial charge in [-0.3, -0.25) is 9.59 Å². The quantitative estimate of drug-likeness (QED) is 0.417. The van der Waals surface area contributed by atoms with Gasteiger partial charge in [-0.15, -0.1) is 0 Å². The predicted molar refractivity (Wildman–Crippen MR) is 107 cm³/mol. The van der Waals surface area contributed by atoms with Crippen molar-refractivity contribution in [1.29, 1.82) is 5.26 Å². The molecule has 28 heavy (non-hydrogen) atoms. The number of hydrogen-bond acceptors (Lipinski definition) is 7. The standard InChI is InChI=1S/C19H19ClN4O3S/c1-11-15(12(2)23-19(22-11)28-3)6-7-18(26)27-10-17(25)24-16-8-14(20)5-4-13(16)9-21/h4-5,8H,6-7,10H2,1-3H3,(H,24,25). The van der Waals surface area contributed by atoms with E-state index in [1.54, 1.807) is 6.07 Å². The lowest BCUT2D eigenvalue weighted by Gasteiger charge is -2.10. The minimum atomic E-state index is -0.549. The maximum atomic E-state index is 12.0. The summed E-state index contributed by atoms with van der Waals surface area (Å²) in [6, 6.07) is 6.47. The molecule has 1 N–H and O–H groups in total. The topological polar surface area (TPSA) is 105 Å². The molecule has 1 heterocycles. The number of nitriles is 1. The van der Waals surface area contributed by atoms with Crippen LogP contribution in [-0.4, -0.2) is 34.7 Å². The number of esters is 1. The third-order valence-corrected chi connectivity index (χ3v) is 4.69. The van der Waals surface area contributed by atoms with Crippen LogP contribution >= 0.6 is 23.4 Å². The number of nitrogens with one attached hydrogen (secondary N) is 1. The Labute approximate surface area is 172 Å². The highest BCUT2D eigenvalue weighted by Gasteiger charge is 2.13. The van der Waals surface area contributed by atoms with Crippen molar-refractivity contribution in [2.24, 2.45) is 0 Å². The van der Waals surface area contributed by atoms with Crippen LogP contribution < -0.4 is 5.32 Å². The Morgan fingerprint density at radius 3 is 2.57 bits per heavy atom. The van der Waals surface area contributed by atoms with E-state index in [4.69, 9.17) is 21.6 Å². The van der Waals surface area contributed by atoms with Gasteiger partial charge in [-0.1, -0.05) is 23.4 Å². The van der Waals surface area contributed by atoms with Crippen molar-refractivity contribution in [3.63, 3.8) is 0 Å². The Morgan fingerprint density at radius 2 is 1.96 bits per heavy atom.